The van der Waals surface area contributed by atoms with E-state index in [2.05, 4.69) is 121 Å². The quantitative estimate of drug-likeness (QED) is 0.196. The molecule has 208 valence electrons. The molecule has 0 aliphatic heterocycles. The van der Waals surface area contributed by atoms with E-state index in [1.165, 1.54) is 49.4 Å². The Balaban J connectivity index is 1.12. The molecule has 0 unspecified atom stereocenters. The molecule has 3 heteroatoms. The molecule has 3 nitrogen and oxygen atoms in total. The Hall–Kier alpha value is -5.72. The van der Waals surface area contributed by atoms with Crippen LogP contribution in [-0.4, -0.2) is 4.98 Å². The highest BCUT2D eigenvalue weighted by Gasteiger charge is 2.34. The van der Waals surface area contributed by atoms with Crippen LogP contribution in [0.1, 0.15) is 30.5 Å². The Morgan fingerprint density at radius 1 is 0.568 bits per heavy atom. The fourth-order valence-corrected chi connectivity index (χ4v) is 6.81. The van der Waals surface area contributed by atoms with Gasteiger partial charge in [-0.25, -0.2) is 4.98 Å². The molecule has 1 heterocycles. The van der Waals surface area contributed by atoms with E-state index in [9.17, 15) is 5.26 Å². The zero-order valence-electron chi connectivity index (χ0n) is 24.6. The third kappa shape index (κ3) is 4.07. The van der Waals surface area contributed by atoms with Crippen molar-refractivity contribution in [1.82, 2.24) is 4.98 Å². The van der Waals surface area contributed by atoms with Crippen LogP contribution in [0, 0.1) is 11.3 Å². The van der Waals surface area contributed by atoms with Gasteiger partial charge in [-0.1, -0.05) is 86.6 Å². The van der Waals surface area contributed by atoms with Crippen molar-refractivity contribution in [2.45, 2.75) is 19.3 Å². The molecule has 0 N–H and O–H groups in total. The molecule has 1 aromatic heterocycles. The first kappa shape index (κ1) is 25.9. The van der Waals surface area contributed by atoms with Crippen molar-refractivity contribution < 1.29 is 0 Å². The van der Waals surface area contributed by atoms with Gasteiger partial charge in [-0.2, -0.15) is 5.26 Å². The summed E-state index contributed by atoms with van der Waals surface area (Å²) in [4.78, 5) is 6.71. The van der Waals surface area contributed by atoms with Gasteiger partial charge in [-0.3, -0.25) is 4.90 Å². The molecule has 0 saturated carbocycles. The van der Waals surface area contributed by atoms with E-state index in [0.29, 0.717) is 5.56 Å². The Morgan fingerprint density at radius 3 is 1.84 bits per heavy atom. The Morgan fingerprint density at radius 2 is 1.18 bits per heavy atom. The first-order valence-electron chi connectivity index (χ1n) is 14.9. The summed E-state index contributed by atoms with van der Waals surface area (Å²) in [6.07, 6.45) is 1.80. The molecule has 1 aliphatic carbocycles. The summed E-state index contributed by atoms with van der Waals surface area (Å²) < 4.78 is 0. The molecule has 0 atom stereocenters. The Bertz CT molecular complexity index is 2220. The minimum Gasteiger partial charge on any atom is -0.295 e. The average Bonchev–Trinajstić information content (AvgIpc) is 3.32. The molecule has 0 bridgehead atoms. The molecule has 0 fully saturated rings. The van der Waals surface area contributed by atoms with E-state index < -0.39 is 0 Å². The number of hydrogen-bond acceptors (Lipinski definition) is 3. The number of aromatic nitrogens is 1. The fraction of sp³-hybridized carbons (Fsp3) is 0.0732. The van der Waals surface area contributed by atoms with Gasteiger partial charge < -0.3 is 0 Å². The van der Waals surface area contributed by atoms with Gasteiger partial charge in [0.05, 0.1) is 11.6 Å². The van der Waals surface area contributed by atoms with Crippen LogP contribution in [0.25, 0.3) is 43.8 Å². The topological polar surface area (TPSA) is 39.9 Å². The number of rotatable bonds is 5. The van der Waals surface area contributed by atoms with Crippen LogP contribution in [0.3, 0.4) is 0 Å². The summed E-state index contributed by atoms with van der Waals surface area (Å²) in [5.41, 5.74) is 10.2. The molecule has 0 saturated heterocycles. The van der Waals surface area contributed by atoms with Crippen molar-refractivity contribution in [3.63, 3.8) is 0 Å². The zero-order chi connectivity index (χ0) is 29.8. The third-order valence-corrected chi connectivity index (χ3v) is 9.11. The van der Waals surface area contributed by atoms with E-state index in [4.69, 9.17) is 0 Å². The van der Waals surface area contributed by atoms with Crippen molar-refractivity contribution >= 4 is 38.7 Å². The summed E-state index contributed by atoms with van der Waals surface area (Å²) in [6.45, 7) is 4.70. The molecular weight excluding hydrogens is 534 g/mol. The third-order valence-electron chi connectivity index (χ3n) is 9.11. The second-order valence-electron chi connectivity index (χ2n) is 12.0. The molecule has 1 aliphatic rings. The SMILES string of the molecule is CC1(C)c2cccc3ccc4cc(-c5ccc(-c6ccc(N(c7ccc(C#N)cc7)c7ccccn7)cc6)cc5)cc1c4c23. The van der Waals surface area contributed by atoms with Crippen molar-refractivity contribution in [1.29, 1.82) is 5.26 Å². The largest absolute Gasteiger partial charge is 0.295 e. The lowest BCUT2D eigenvalue weighted by Crippen LogP contribution is -2.15. The zero-order valence-corrected chi connectivity index (χ0v) is 24.6. The second-order valence-corrected chi connectivity index (χ2v) is 12.0. The van der Waals surface area contributed by atoms with Crippen LogP contribution in [0.2, 0.25) is 0 Å². The number of nitriles is 1. The number of anilines is 3. The maximum Gasteiger partial charge on any atom is 0.137 e. The highest BCUT2D eigenvalue weighted by molar-refractivity contribution is 6.15. The average molecular weight is 564 g/mol. The number of nitrogens with zero attached hydrogens (tertiary/aromatic N) is 3. The summed E-state index contributed by atoms with van der Waals surface area (Å²) in [5, 5.41) is 14.7. The maximum atomic E-state index is 9.26. The number of benzene rings is 6. The maximum absolute atomic E-state index is 9.26. The van der Waals surface area contributed by atoms with Gasteiger partial charge in [-0.15, -0.1) is 0 Å². The molecule has 0 amide bonds. The minimum atomic E-state index is -0.0277. The van der Waals surface area contributed by atoms with Crippen molar-refractivity contribution in [3.8, 4) is 28.3 Å². The van der Waals surface area contributed by atoms with E-state index in [-0.39, 0.29) is 5.41 Å². The van der Waals surface area contributed by atoms with Gasteiger partial charge in [0.2, 0.25) is 0 Å². The molecule has 0 spiro atoms. The summed E-state index contributed by atoms with van der Waals surface area (Å²) in [6, 6.07) is 49.2. The molecule has 8 rings (SSSR count). The van der Waals surface area contributed by atoms with Crippen LogP contribution in [0.4, 0.5) is 17.2 Å². The van der Waals surface area contributed by atoms with Gasteiger partial charge >= 0.3 is 0 Å². The lowest BCUT2D eigenvalue weighted by atomic mass is 9.81. The van der Waals surface area contributed by atoms with E-state index in [1.807, 2.05) is 42.5 Å². The highest BCUT2D eigenvalue weighted by atomic mass is 15.2. The summed E-state index contributed by atoms with van der Waals surface area (Å²) in [7, 11) is 0. The molecule has 7 aromatic rings. The second kappa shape index (κ2) is 9.93. The molecule has 44 heavy (non-hydrogen) atoms. The predicted octanol–water partition coefficient (Wildman–Crippen LogP) is 10.7. The number of pyridine rings is 1. The summed E-state index contributed by atoms with van der Waals surface area (Å²) in [5.74, 6) is 0.819. The van der Waals surface area contributed by atoms with Crippen LogP contribution >= 0.6 is 0 Å². The highest BCUT2D eigenvalue weighted by Crippen LogP contribution is 2.50. The van der Waals surface area contributed by atoms with Gasteiger partial charge in [0, 0.05) is 23.0 Å². The Kier molecular flexibility index (Phi) is 5.86. The van der Waals surface area contributed by atoms with E-state index in [0.717, 1.165) is 22.8 Å². The first-order valence-corrected chi connectivity index (χ1v) is 14.9. The minimum absolute atomic E-state index is 0.0277. The Labute approximate surface area is 257 Å². The lowest BCUT2D eigenvalue weighted by Gasteiger charge is -2.24. The van der Waals surface area contributed by atoms with Crippen LogP contribution in [0.5, 0.6) is 0 Å². The predicted molar refractivity (Wildman–Crippen MR) is 182 cm³/mol. The van der Waals surface area contributed by atoms with Crippen molar-refractivity contribution in [2.24, 2.45) is 0 Å². The van der Waals surface area contributed by atoms with E-state index in [1.54, 1.807) is 6.20 Å². The lowest BCUT2D eigenvalue weighted by molar-refractivity contribution is 0.663. The van der Waals surface area contributed by atoms with Crippen molar-refractivity contribution in [3.05, 3.63) is 156 Å². The van der Waals surface area contributed by atoms with Gasteiger partial charge in [0.1, 0.15) is 5.82 Å². The number of hydrogen-bond donors (Lipinski definition) is 0. The van der Waals surface area contributed by atoms with Crippen molar-refractivity contribution in [2.75, 3.05) is 4.90 Å². The molecular formula is C41H29N3. The molecule has 6 aromatic carbocycles. The normalized spacial score (nSPS) is 12.9. The smallest absolute Gasteiger partial charge is 0.137 e. The fourth-order valence-electron chi connectivity index (χ4n) is 6.81. The van der Waals surface area contributed by atoms with Gasteiger partial charge in [-0.05, 0) is 116 Å². The van der Waals surface area contributed by atoms with Gasteiger partial charge in [0.15, 0.2) is 0 Å². The van der Waals surface area contributed by atoms with Crippen LogP contribution in [0.15, 0.2) is 140 Å². The standard InChI is InChI=1S/C41H29N3/c1-41(2)36-7-5-6-31-15-16-32-24-33(25-37(41)40(32)39(31)36)30-13-11-28(12-14-30)29-17-21-35(22-18-29)44(38-8-3-4-23-43-38)34-19-9-27(26-42)10-20-34/h3-25H,1-2H3. The monoisotopic (exact) mass is 563 g/mol. The van der Waals surface area contributed by atoms with E-state index >= 15 is 0 Å². The van der Waals surface area contributed by atoms with Crippen LogP contribution in [-0.2, 0) is 5.41 Å². The van der Waals surface area contributed by atoms with Gasteiger partial charge in [0.25, 0.3) is 0 Å². The summed E-state index contributed by atoms with van der Waals surface area (Å²) >= 11 is 0. The molecule has 0 radical (unpaired) electrons. The van der Waals surface area contributed by atoms with Crippen LogP contribution < -0.4 is 4.90 Å². The first-order chi connectivity index (χ1) is 21.5.